The average molecular weight is 272 g/mol. The van der Waals surface area contributed by atoms with Crippen molar-refractivity contribution in [3.05, 3.63) is 54.1 Å². The normalized spacial score (nSPS) is 9.95. The molecule has 0 saturated carbocycles. The molecule has 0 atom stereocenters. The zero-order valence-electron chi connectivity index (χ0n) is 10.3. The fourth-order valence-electron chi connectivity index (χ4n) is 1.57. The molecule has 1 amide bonds. The summed E-state index contributed by atoms with van der Waals surface area (Å²) in [6, 6.07) is 7.16. The number of amides is 1. The van der Waals surface area contributed by atoms with Crippen LogP contribution >= 0.6 is 12.2 Å². The minimum Gasteiger partial charge on any atom is -0.389 e. The Kier molecular flexibility index (Phi) is 3.82. The van der Waals surface area contributed by atoms with Crippen LogP contribution in [-0.2, 0) is 0 Å². The Bertz CT molecular complexity index is 615. The van der Waals surface area contributed by atoms with Crippen LogP contribution < -0.4 is 10.6 Å². The van der Waals surface area contributed by atoms with Crippen molar-refractivity contribution in [3.63, 3.8) is 0 Å². The molecule has 2 aromatic rings. The van der Waals surface area contributed by atoms with E-state index in [-0.39, 0.29) is 11.6 Å². The molecule has 96 valence electrons. The highest BCUT2D eigenvalue weighted by molar-refractivity contribution is 7.80. The Morgan fingerprint density at radius 1 is 1.37 bits per heavy atom. The number of hydrogen-bond donors (Lipinski definition) is 1. The van der Waals surface area contributed by atoms with E-state index in [0.717, 1.165) is 0 Å². The molecular weight excluding hydrogens is 260 g/mol. The van der Waals surface area contributed by atoms with Crippen molar-refractivity contribution >= 4 is 28.8 Å². The Hall–Kier alpha value is -2.34. The quantitative estimate of drug-likeness (QED) is 0.855. The van der Waals surface area contributed by atoms with Gasteiger partial charge in [-0.05, 0) is 12.1 Å². The van der Waals surface area contributed by atoms with Crippen LogP contribution in [0, 0.1) is 0 Å². The third-order valence-corrected chi connectivity index (χ3v) is 2.84. The molecule has 6 heteroatoms. The highest BCUT2D eigenvalue weighted by Gasteiger charge is 2.15. The number of rotatable bonds is 3. The molecule has 0 radical (unpaired) electrons. The van der Waals surface area contributed by atoms with Crippen LogP contribution in [0.2, 0.25) is 0 Å². The summed E-state index contributed by atoms with van der Waals surface area (Å²) in [5.74, 6) is -0.242. The Morgan fingerprint density at radius 2 is 2.16 bits per heavy atom. The van der Waals surface area contributed by atoms with Crippen molar-refractivity contribution in [1.82, 2.24) is 9.97 Å². The van der Waals surface area contributed by atoms with Gasteiger partial charge in [-0.3, -0.25) is 9.78 Å². The van der Waals surface area contributed by atoms with Gasteiger partial charge in [0.15, 0.2) is 0 Å². The number of nitrogens with zero attached hydrogens (tertiary/aromatic N) is 3. The van der Waals surface area contributed by atoms with E-state index in [0.29, 0.717) is 16.2 Å². The maximum Gasteiger partial charge on any atom is 0.278 e. The van der Waals surface area contributed by atoms with E-state index >= 15 is 0 Å². The number of thiocarbonyl (C=S) groups is 1. The molecule has 0 aliphatic carbocycles. The number of benzene rings is 1. The maximum atomic E-state index is 12.2. The van der Waals surface area contributed by atoms with Gasteiger partial charge >= 0.3 is 0 Å². The lowest BCUT2D eigenvalue weighted by Crippen LogP contribution is -2.27. The number of anilines is 1. The third kappa shape index (κ3) is 2.92. The Balaban J connectivity index is 2.29. The van der Waals surface area contributed by atoms with Gasteiger partial charge < -0.3 is 10.6 Å². The third-order valence-electron chi connectivity index (χ3n) is 2.60. The van der Waals surface area contributed by atoms with Crippen LogP contribution in [0.5, 0.6) is 0 Å². The maximum absolute atomic E-state index is 12.2. The Morgan fingerprint density at radius 3 is 2.79 bits per heavy atom. The SMILES string of the molecule is CN(C(=O)c1cnccn1)c1cccc(C(N)=S)c1. The van der Waals surface area contributed by atoms with Gasteiger partial charge in [0.05, 0.1) is 6.20 Å². The van der Waals surface area contributed by atoms with E-state index in [2.05, 4.69) is 9.97 Å². The van der Waals surface area contributed by atoms with Gasteiger partial charge in [0.25, 0.3) is 5.91 Å². The van der Waals surface area contributed by atoms with Crippen molar-refractivity contribution in [3.8, 4) is 0 Å². The predicted octanol–water partition coefficient (Wildman–Crippen LogP) is 1.39. The first-order valence-electron chi connectivity index (χ1n) is 5.53. The van der Waals surface area contributed by atoms with Crippen molar-refractivity contribution < 1.29 is 4.79 Å². The molecular formula is C13H12N4OS. The fraction of sp³-hybridized carbons (Fsp3) is 0.0769. The summed E-state index contributed by atoms with van der Waals surface area (Å²) in [5.41, 5.74) is 7.27. The first-order chi connectivity index (χ1) is 9.09. The molecule has 0 spiro atoms. The monoisotopic (exact) mass is 272 g/mol. The van der Waals surface area contributed by atoms with Gasteiger partial charge in [-0.25, -0.2) is 4.98 Å². The molecule has 0 saturated heterocycles. The van der Waals surface area contributed by atoms with Crippen LogP contribution in [0.15, 0.2) is 42.9 Å². The summed E-state index contributed by atoms with van der Waals surface area (Å²) >= 11 is 4.92. The summed E-state index contributed by atoms with van der Waals surface area (Å²) in [6.45, 7) is 0. The second-order valence-electron chi connectivity index (χ2n) is 3.87. The van der Waals surface area contributed by atoms with Crippen LogP contribution in [0.3, 0.4) is 0 Å². The Labute approximate surface area is 116 Å². The molecule has 1 heterocycles. The second-order valence-corrected chi connectivity index (χ2v) is 4.31. The zero-order chi connectivity index (χ0) is 13.8. The van der Waals surface area contributed by atoms with Crippen LogP contribution in [-0.4, -0.2) is 27.9 Å². The van der Waals surface area contributed by atoms with Gasteiger partial charge in [0.2, 0.25) is 0 Å². The standard InChI is InChI=1S/C13H12N4OS/c1-17(13(18)11-8-15-5-6-16-11)10-4-2-3-9(7-10)12(14)19/h2-8H,1H3,(H2,14,19). The van der Waals surface area contributed by atoms with E-state index in [4.69, 9.17) is 18.0 Å². The molecule has 0 fully saturated rings. The summed E-state index contributed by atoms with van der Waals surface area (Å²) < 4.78 is 0. The van der Waals surface area contributed by atoms with Crippen molar-refractivity contribution in [1.29, 1.82) is 0 Å². The lowest BCUT2D eigenvalue weighted by atomic mass is 10.2. The fourth-order valence-corrected chi connectivity index (χ4v) is 1.69. The number of aromatic nitrogens is 2. The first kappa shape index (κ1) is 13.1. The summed E-state index contributed by atoms with van der Waals surface area (Å²) in [6.07, 6.45) is 4.42. The van der Waals surface area contributed by atoms with Crippen LogP contribution in [0.1, 0.15) is 16.1 Å². The number of nitrogens with two attached hydrogens (primary N) is 1. The molecule has 2 rings (SSSR count). The molecule has 0 aliphatic heterocycles. The molecule has 0 unspecified atom stereocenters. The van der Waals surface area contributed by atoms with Crippen molar-refractivity contribution in [2.75, 3.05) is 11.9 Å². The van der Waals surface area contributed by atoms with Crippen LogP contribution in [0.25, 0.3) is 0 Å². The average Bonchev–Trinajstić information content (AvgIpc) is 2.46. The molecule has 1 aromatic heterocycles. The minimum absolute atomic E-state index is 0.242. The zero-order valence-corrected chi connectivity index (χ0v) is 11.1. The molecule has 0 aliphatic rings. The first-order valence-corrected chi connectivity index (χ1v) is 5.94. The summed E-state index contributed by atoms with van der Waals surface area (Å²) in [5, 5.41) is 0. The van der Waals surface area contributed by atoms with E-state index in [1.807, 2.05) is 0 Å². The minimum atomic E-state index is -0.242. The van der Waals surface area contributed by atoms with Gasteiger partial charge in [0.1, 0.15) is 10.7 Å². The lowest BCUT2D eigenvalue weighted by Gasteiger charge is -2.17. The number of carbonyl (C=O) groups excluding carboxylic acids is 1. The highest BCUT2D eigenvalue weighted by Crippen LogP contribution is 2.16. The summed E-state index contributed by atoms with van der Waals surface area (Å²) in [4.78, 5) is 21.8. The second kappa shape index (κ2) is 5.53. The van der Waals surface area contributed by atoms with Crippen LogP contribution in [0.4, 0.5) is 5.69 Å². The van der Waals surface area contributed by atoms with Gasteiger partial charge in [-0.2, -0.15) is 0 Å². The van der Waals surface area contributed by atoms with Gasteiger partial charge in [0, 0.05) is 30.7 Å². The molecule has 5 nitrogen and oxygen atoms in total. The van der Waals surface area contributed by atoms with Crippen molar-refractivity contribution in [2.45, 2.75) is 0 Å². The predicted molar refractivity (Wildman–Crippen MR) is 77.1 cm³/mol. The molecule has 19 heavy (non-hydrogen) atoms. The number of carbonyl (C=O) groups is 1. The topological polar surface area (TPSA) is 72.1 Å². The number of hydrogen-bond acceptors (Lipinski definition) is 4. The van der Waals surface area contributed by atoms with E-state index in [1.54, 1.807) is 31.3 Å². The molecule has 1 aromatic carbocycles. The van der Waals surface area contributed by atoms with Gasteiger partial charge in [-0.15, -0.1) is 0 Å². The molecule has 2 N–H and O–H groups in total. The largest absolute Gasteiger partial charge is 0.389 e. The van der Waals surface area contributed by atoms with E-state index in [1.165, 1.54) is 23.5 Å². The van der Waals surface area contributed by atoms with E-state index < -0.39 is 0 Å². The molecule has 0 bridgehead atoms. The summed E-state index contributed by atoms with van der Waals surface area (Å²) in [7, 11) is 1.66. The van der Waals surface area contributed by atoms with Crippen molar-refractivity contribution in [2.24, 2.45) is 5.73 Å². The highest BCUT2D eigenvalue weighted by atomic mass is 32.1. The lowest BCUT2D eigenvalue weighted by molar-refractivity contribution is 0.0988. The van der Waals surface area contributed by atoms with Gasteiger partial charge in [-0.1, -0.05) is 24.4 Å². The van der Waals surface area contributed by atoms with E-state index in [9.17, 15) is 4.79 Å². The smallest absolute Gasteiger partial charge is 0.278 e.